The van der Waals surface area contributed by atoms with E-state index in [0.717, 1.165) is 8.88 Å². The van der Waals surface area contributed by atoms with Crippen molar-refractivity contribution < 1.29 is 0 Å². The zero-order valence-electron chi connectivity index (χ0n) is 15.3. The molecule has 0 spiro atoms. The Kier molecular flexibility index (Phi) is 17.0. The van der Waals surface area contributed by atoms with Crippen molar-refractivity contribution in [2.24, 2.45) is 0 Å². The molecule has 128 valence electrons. The Morgan fingerprint density at radius 1 is 0.524 bits per heavy atom. The van der Waals surface area contributed by atoms with Gasteiger partial charge in [0.15, 0.2) is 0 Å². The number of hydrogen-bond donors (Lipinski definition) is 0. The summed E-state index contributed by atoms with van der Waals surface area (Å²) in [4.78, 5) is 0. The van der Waals surface area contributed by atoms with Crippen molar-refractivity contribution in [3.8, 4) is 0 Å². The number of unbranched alkanes of at least 4 members (excludes halogenated alkanes) is 8. The van der Waals surface area contributed by atoms with Crippen LogP contribution >= 0.6 is 8.88 Å². The second-order valence-corrected chi connectivity index (χ2v) is 7.55. The Morgan fingerprint density at radius 3 is 1.33 bits per heavy atom. The van der Waals surface area contributed by atoms with E-state index in [-0.39, 0.29) is 0 Å². The first-order valence-electron chi connectivity index (χ1n) is 9.54. The van der Waals surface area contributed by atoms with E-state index in [1.54, 1.807) is 0 Å². The molecule has 0 aliphatic rings. The Balaban J connectivity index is 3.90. The zero-order chi connectivity index (χ0) is 15.8. The first kappa shape index (κ1) is 21.4. The zero-order valence-corrected chi connectivity index (χ0v) is 16.3. The van der Waals surface area contributed by atoms with Crippen molar-refractivity contribution in [2.75, 3.05) is 26.2 Å². The molecule has 0 N–H and O–H groups in total. The lowest BCUT2D eigenvalue weighted by Crippen LogP contribution is -2.25. The molecule has 21 heavy (non-hydrogen) atoms. The van der Waals surface area contributed by atoms with Crippen LogP contribution in [0.2, 0.25) is 0 Å². The number of rotatable bonds is 16. The Labute approximate surface area is 136 Å². The monoisotopic (exact) mass is 316 g/mol. The lowest BCUT2D eigenvalue weighted by atomic mass is 10.1. The van der Waals surface area contributed by atoms with Crippen LogP contribution in [-0.4, -0.2) is 35.5 Å². The quantitative estimate of drug-likeness (QED) is 0.251. The largest absolute Gasteiger partial charge is 0.273 e. The normalized spacial score (nSPS) is 12.3. The molecule has 1 unspecified atom stereocenters. The summed E-state index contributed by atoms with van der Waals surface area (Å²) in [7, 11) is 0.906. The summed E-state index contributed by atoms with van der Waals surface area (Å²) >= 11 is 0. The highest BCUT2D eigenvalue weighted by atomic mass is 31.1. The third kappa shape index (κ3) is 13.7. The highest BCUT2D eigenvalue weighted by Crippen LogP contribution is 2.25. The Hall–Kier alpha value is 0.350. The standard InChI is InChI=1S/C18H41N2P/c1-5-9-11-13-15-17-20(21-19(7-3)8-4)18-16-14-12-10-6-2/h21H,5-18H2,1-4H3. The average molecular weight is 317 g/mol. The van der Waals surface area contributed by atoms with E-state index in [0.29, 0.717) is 0 Å². The fourth-order valence-corrected chi connectivity index (χ4v) is 3.79. The first-order valence-corrected chi connectivity index (χ1v) is 10.4. The highest BCUT2D eigenvalue weighted by molar-refractivity contribution is 7.32. The van der Waals surface area contributed by atoms with Crippen LogP contribution in [0.3, 0.4) is 0 Å². The van der Waals surface area contributed by atoms with Gasteiger partial charge in [-0.1, -0.05) is 79.1 Å². The van der Waals surface area contributed by atoms with Crippen LogP contribution in [-0.2, 0) is 0 Å². The molecule has 0 saturated heterocycles. The van der Waals surface area contributed by atoms with Gasteiger partial charge in [0.25, 0.3) is 0 Å². The summed E-state index contributed by atoms with van der Waals surface area (Å²) < 4.78 is 5.31. The molecule has 0 aliphatic heterocycles. The van der Waals surface area contributed by atoms with Crippen LogP contribution in [0.5, 0.6) is 0 Å². The highest BCUT2D eigenvalue weighted by Gasteiger charge is 2.08. The second kappa shape index (κ2) is 16.7. The van der Waals surface area contributed by atoms with Crippen molar-refractivity contribution in [3.63, 3.8) is 0 Å². The van der Waals surface area contributed by atoms with E-state index >= 15 is 0 Å². The van der Waals surface area contributed by atoms with E-state index in [1.165, 1.54) is 90.4 Å². The van der Waals surface area contributed by atoms with Crippen LogP contribution in [0.15, 0.2) is 0 Å². The van der Waals surface area contributed by atoms with E-state index < -0.39 is 0 Å². The van der Waals surface area contributed by atoms with Crippen molar-refractivity contribution in [2.45, 2.75) is 91.9 Å². The van der Waals surface area contributed by atoms with Gasteiger partial charge in [-0.05, 0) is 12.8 Å². The summed E-state index contributed by atoms with van der Waals surface area (Å²) in [6.07, 6.45) is 14.0. The van der Waals surface area contributed by atoms with Gasteiger partial charge in [0.1, 0.15) is 0 Å². The van der Waals surface area contributed by atoms with E-state index in [9.17, 15) is 0 Å². The fourth-order valence-electron chi connectivity index (χ4n) is 2.59. The molecule has 0 heterocycles. The van der Waals surface area contributed by atoms with Gasteiger partial charge in [-0.3, -0.25) is 9.34 Å². The van der Waals surface area contributed by atoms with Crippen molar-refractivity contribution in [1.82, 2.24) is 9.34 Å². The Morgan fingerprint density at radius 2 is 0.952 bits per heavy atom. The van der Waals surface area contributed by atoms with Gasteiger partial charge in [0, 0.05) is 35.1 Å². The lowest BCUT2D eigenvalue weighted by molar-refractivity contribution is 0.387. The molecule has 0 amide bonds. The molecule has 0 radical (unpaired) electrons. The maximum Gasteiger partial charge on any atom is 0.0240 e. The third-order valence-corrected chi connectivity index (χ3v) is 5.75. The summed E-state index contributed by atoms with van der Waals surface area (Å²) in [5, 5.41) is 0. The SMILES string of the molecule is CCCCCCCN(CCCCCCC)PN(CC)CC. The van der Waals surface area contributed by atoms with Gasteiger partial charge in [0.05, 0.1) is 0 Å². The molecule has 0 rings (SSSR count). The predicted octanol–water partition coefficient (Wildman–Crippen LogP) is 6.08. The molecule has 0 saturated carbocycles. The van der Waals surface area contributed by atoms with E-state index in [1.807, 2.05) is 0 Å². The van der Waals surface area contributed by atoms with Crippen molar-refractivity contribution >= 4 is 8.88 Å². The fraction of sp³-hybridized carbons (Fsp3) is 1.00. The van der Waals surface area contributed by atoms with Gasteiger partial charge in [-0.15, -0.1) is 0 Å². The van der Waals surface area contributed by atoms with Crippen LogP contribution in [0, 0.1) is 0 Å². The predicted molar refractivity (Wildman–Crippen MR) is 100 cm³/mol. The molecule has 3 heteroatoms. The maximum absolute atomic E-state index is 2.73. The third-order valence-electron chi connectivity index (χ3n) is 4.11. The maximum atomic E-state index is 2.73. The molecule has 2 nitrogen and oxygen atoms in total. The van der Waals surface area contributed by atoms with Gasteiger partial charge in [-0.25, -0.2) is 0 Å². The second-order valence-electron chi connectivity index (χ2n) is 6.09. The molecule has 0 aromatic heterocycles. The van der Waals surface area contributed by atoms with Crippen molar-refractivity contribution in [1.29, 1.82) is 0 Å². The molecule has 0 fully saturated rings. The van der Waals surface area contributed by atoms with E-state index in [4.69, 9.17) is 0 Å². The molecule has 1 atom stereocenters. The molecule has 0 aliphatic carbocycles. The number of hydrogen-bond acceptors (Lipinski definition) is 2. The number of nitrogens with zero attached hydrogens (tertiary/aromatic N) is 2. The summed E-state index contributed by atoms with van der Waals surface area (Å²) in [5.41, 5.74) is 0. The van der Waals surface area contributed by atoms with Crippen LogP contribution in [0.25, 0.3) is 0 Å². The topological polar surface area (TPSA) is 6.48 Å². The lowest BCUT2D eigenvalue weighted by Gasteiger charge is -2.28. The van der Waals surface area contributed by atoms with E-state index in [2.05, 4.69) is 37.0 Å². The molecular formula is C18H41N2P. The minimum absolute atomic E-state index is 0.906. The smallest absolute Gasteiger partial charge is 0.0240 e. The molecule has 0 aromatic carbocycles. The van der Waals surface area contributed by atoms with Gasteiger partial charge in [-0.2, -0.15) is 0 Å². The first-order chi connectivity index (χ1) is 10.3. The summed E-state index contributed by atoms with van der Waals surface area (Å²) in [5.74, 6) is 0. The van der Waals surface area contributed by atoms with Crippen molar-refractivity contribution in [3.05, 3.63) is 0 Å². The van der Waals surface area contributed by atoms with Crippen LogP contribution in [0.4, 0.5) is 0 Å². The summed E-state index contributed by atoms with van der Waals surface area (Å²) in [6.45, 7) is 14.2. The van der Waals surface area contributed by atoms with Gasteiger partial charge in [0.2, 0.25) is 0 Å². The molecular weight excluding hydrogens is 275 g/mol. The minimum atomic E-state index is 0.906. The molecule has 0 bridgehead atoms. The minimum Gasteiger partial charge on any atom is -0.273 e. The summed E-state index contributed by atoms with van der Waals surface area (Å²) in [6, 6.07) is 0. The average Bonchev–Trinajstić information content (AvgIpc) is 2.51. The van der Waals surface area contributed by atoms with Crippen LogP contribution in [0.1, 0.15) is 91.9 Å². The van der Waals surface area contributed by atoms with Crippen LogP contribution < -0.4 is 0 Å². The van der Waals surface area contributed by atoms with Gasteiger partial charge < -0.3 is 0 Å². The molecule has 0 aromatic rings. The van der Waals surface area contributed by atoms with Gasteiger partial charge >= 0.3 is 0 Å². The Bertz CT molecular complexity index is 182.